The van der Waals surface area contributed by atoms with Crippen molar-refractivity contribution in [1.82, 2.24) is 0 Å². The molecule has 0 heterocycles. The van der Waals surface area contributed by atoms with E-state index in [1.165, 1.54) is 25.1 Å². The minimum atomic E-state index is -0.323. The second-order valence-corrected chi connectivity index (χ2v) is 5.11. The molecule has 0 unspecified atom stereocenters. The number of allylic oxidation sites excluding steroid dienone is 1. The van der Waals surface area contributed by atoms with Gasteiger partial charge in [-0.1, -0.05) is 18.2 Å². The van der Waals surface area contributed by atoms with E-state index in [-0.39, 0.29) is 23.0 Å². The number of phenols is 1. The van der Waals surface area contributed by atoms with E-state index in [4.69, 9.17) is 4.74 Å². The number of nitrogens with one attached hydrogen (secondary N) is 1. The lowest BCUT2D eigenvalue weighted by Crippen LogP contribution is -2.06. The zero-order valence-corrected chi connectivity index (χ0v) is 13.6. The van der Waals surface area contributed by atoms with Gasteiger partial charge < -0.3 is 15.2 Å². The van der Waals surface area contributed by atoms with Crippen LogP contribution in [0.4, 0.5) is 5.69 Å². The van der Waals surface area contributed by atoms with Crippen LogP contribution in [0.2, 0.25) is 0 Å². The monoisotopic (exact) mass is 325 g/mol. The summed E-state index contributed by atoms with van der Waals surface area (Å²) in [4.78, 5) is 23.2. The Kier molecular flexibility index (Phi) is 5.73. The molecule has 24 heavy (non-hydrogen) atoms. The van der Waals surface area contributed by atoms with Crippen LogP contribution in [0, 0.1) is 0 Å². The molecule has 5 heteroatoms. The van der Waals surface area contributed by atoms with Gasteiger partial charge in [-0.15, -0.1) is 0 Å². The minimum Gasteiger partial charge on any atom is -0.507 e. The Labute approximate surface area is 140 Å². The zero-order chi connectivity index (χ0) is 17.5. The van der Waals surface area contributed by atoms with Crippen LogP contribution >= 0.6 is 0 Å². The van der Waals surface area contributed by atoms with Crippen LogP contribution in [-0.4, -0.2) is 23.4 Å². The van der Waals surface area contributed by atoms with Crippen molar-refractivity contribution in [3.8, 4) is 11.5 Å². The fraction of sp³-hybridized carbons (Fsp3) is 0.158. The number of benzene rings is 2. The van der Waals surface area contributed by atoms with Gasteiger partial charge in [0.25, 0.3) is 0 Å². The Morgan fingerprint density at radius 3 is 2.46 bits per heavy atom. The van der Waals surface area contributed by atoms with Gasteiger partial charge in [0.1, 0.15) is 11.5 Å². The van der Waals surface area contributed by atoms with E-state index in [9.17, 15) is 14.7 Å². The number of ketones is 1. The van der Waals surface area contributed by atoms with Gasteiger partial charge in [0.05, 0.1) is 12.2 Å². The number of rotatable bonds is 6. The Hall–Kier alpha value is -3.08. The Morgan fingerprint density at radius 2 is 1.88 bits per heavy atom. The first-order valence-electron chi connectivity index (χ1n) is 7.55. The molecule has 0 atom stereocenters. The summed E-state index contributed by atoms with van der Waals surface area (Å²) in [5.74, 6) is 0.0226. The van der Waals surface area contributed by atoms with Crippen molar-refractivity contribution in [2.45, 2.75) is 13.8 Å². The minimum absolute atomic E-state index is 0.172. The number of anilines is 1. The first-order chi connectivity index (χ1) is 11.5. The Balaban J connectivity index is 2.09. The topological polar surface area (TPSA) is 75.6 Å². The first-order valence-corrected chi connectivity index (χ1v) is 7.55. The number of amides is 1. The van der Waals surface area contributed by atoms with Crippen molar-refractivity contribution in [3.05, 3.63) is 59.7 Å². The highest BCUT2D eigenvalue weighted by Crippen LogP contribution is 2.23. The van der Waals surface area contributed by atoms with E-state index in [1.807, 2.05) is 31.2 Å². The third kappa shape index (κ3) is 4.71. The SMILES string of the molecule is CCOc1ccc(/C=C/C(=O)c2ccc(NC(C)=O)cc2O)cc1. The van der Waals surface area contributed by atoms with Crippen LogP contribution in [-0.2, 0) is 4.79 Å². The van der Waals surface area contributed by atoms with Crippen molar-refractivity contribution in [3.63, 3.8) is 0 Å². The molecule has 1 amide bonds. The number of phenolic OH excluding ortho intramolecular Hbond substituents is 1. The van der Waals surface area contributed by atoms with Gasteiger partial charge >= 0.3 is 0 Å². The first kappa shape index (κ1) is 17.3. The molecule has 124 valence electrons. The lowest BCUT2D eigenvalue weighted by Gasteiger charge is -2.05. The lowest BCUT2D eigenvalue weighted by atomic mass is 10.1. The molecule has 0 bridgehead atoms. The van der Waals surface area contributed by atoms with E-state index in [2.05, 4.69) is 5.32 Å². The number of hydrogen-bond acceptors (Lipinski definition) is 4. The molecule has 0 saturated heterocycles. The summed E-state index contributed by atoms with van der Waals surface area (Å²) in [6.45, 7) is 3.88. The normalized spacial score (nSPS) is 10.6. The zero-order valence-electron chi connectivity index (χ0n) is 13.6. The van der Waals surface area contributed by atoms with E-state index < -0.39 is 0 Å². The molecule has 0 saturated carbocycles. The van der Waals surface area contributed by atoms with Gasteiger partial charge in [-0.3, -0.25) is 9.59 Å². The molecule has 2 aromatic carbocycles. The van der Waals surface area contributed by atoms with E-state index >= 15 is 0 Å². The average molecular weight is 325 g/mol. The molecule has 0 radical (unpaired) electrons. The summed E-state index contributed by atoms with van der Waals surface area (Å²) in [7, 11) is 0. The fourth-order valence-corrected chi connectivity index (χ4v) is 2.12. The number of aromatic hydroxyl groups is 1. The van der Waals surface area contributed by atoms with Crippen molar-refractivity contribution in [2.24, 2.45) is 0 Å². The summed E-state index contributed by atoms with van der Waals surface area (Å²) >= 11 is 0. The molecule has 0 fully saturated rings. The van der Waals surface area contributed by atoms with Crippen LogP contribution in [0.15, 0.2) is 48.5 Å². The predicted molar refractivity (Wildman–Crippen MR) is 93.4 cm³/mol. The molecular formula is C19H19NO4. The molecule has 2 rings (SSSR count). The highest BCUT2D eigenvalue weighted by atomic mass is 16.5. The van der Waals surface area contributed by atoms with Crippen molar-refractivity contribution in [1.29, 1.82) is 0 Å². The molecule has 5 nitrogen and oxygen atoms in total. The van der Waals surface area contributed by atoms with Gasteiger partial charge in [-0.25, -0.2) is 0 Å². The Morgan fingerprint density at radius 1 is 1.17 bits per heavy atom. The summed E-state index contributed by atoms with van der Waals surface area (Å²) in [5.41, 5.74) is 1.46. The second kappa shape index (κ2) is 7.97. The van der Waals surface area contributed by atoms with Gasteiger partial charge in [-0.05, 0) is 42.8 Å². The number of carbonyl (C=O) groups is 2. The summed E-state index contributed by atoms with van der Waals surface area (Å²) in [6.07, 6.45) is 3.06. The number of hydrogen-bond donors (Lipinski definition) is 2. The lowest BCUT2D eigenvalue weighted by molar-refractivity contribution is -0.114. The molecule has 2 N–H and O–H groups in total. The van der Waals surface area contributed by atoms with Gasteiger partial charge in [0, 0.05) is 18.7 Å². The quantitative estimate of drug-likeness (QED) is 0.628. The molecule has 0 aliphatic rings. The van der Waals surface area contributed by atoms with Crippen LogP contribution in [0.1, 0.15) is 29.8 Å². The average Bonchev–Trinajstić information content (AvgIpc) is 2.54. The maximum atomic E-state index is 12.2. The second-order valence-electron chi connectivity index (χ2n) is 5.11. The Bertz CT molecular complexity index is 763. The highest BCUT2D eigenvalue weighted by molar-refractivity contribution is 6.09. The molecule has 0 aliphatic carbocycles. The van der Waals surface area contributed by atoms with Gasteiger partial charge in [0.2, 0.25) is 5.91 Å². The number of carbonyl (C=O) groups excluding carboxylic acids is 2. The van der Waals surface area contributed by atoms with E-state index in [0.29, 0.717) is 12.3 Å². The largest absolute Gasteiger partial charge is 0.507 e. The standard InChI is InChI=1S/C19H19NO4/c1-3-24-16-8-4-14(5-9-16)6-11-18(22)17-10-7-15(12-19(17)23)20-13(2)21/h4-12,23H,3H2,1-2H3,(H,20,21)/b11-6+. The summed E-state index contributed by atoms with van der Waals surface area (Å²) in [5, 5.41) is 12.5. The van der Waals surface area contributed by atoms with Crippen molar-refractivity contribution < 1.29 is 19.4 Å². The van der Waals surface area contributed by atoms with Gasteiger partial charge in [0.15, 0.2) is 5.78 Å². The van der Waals surface area contributed by atoms with Crippen LogP contribution in [0.25, 0.3) is 6.08 Å². The maximum Gasteiger partial charge on any atom is 0.221 e. The number of ether oxygens (including phenoxy) is 1. The highest BCUT2D eigenvalue weighted by Gasteiger charge is 2.09. The van der Waals surface area contributed by atoms with Gasteiger partial charge in [-0.2, -0.15) is 0 Å². The molecule has 2 aromatic rings. The third-order valence-corrected chi connectivity index (χ3v) is 3.20. The van der Waals surface area contributed by atoms with Crippen LogP contribution in [0.3, 0.4) is 0 Å². The van der Waals surface area contributed by atoms with Crippen molar-refractivity contribution in [2.75, 3.05) is 11.9 Å². The van der Waals surface area contributed by atoms with Crippen LogP contribution < -0.4 is 10.1 Å². The summed E-state index contributed by atoms with van der Waals surface area (Å²) in [6, 6.07) is 11.7. The fourth-order valence-electron chi connectivity index (χ4n) is 2.12. The molecule has 0 spiro atoms. The molecule has 0 aliphatic heterocycles. The smallest absolute Gasteiger partial charge is 0.221 e. The molecule has 0 aromatic heterocycles. The van der Waals surface area contributed by atoms with E-state index in [0.717, 1.165) is 11.3 Å². The van der Waals surface area contributed by atoms with Crippen molar-refractivity contribution >= 4 is 23.5 Å². The van der Waals surface area contributed by atoms with E-state index in [1.54, 1.807) is 12.1 Å². The molecular weight excluding hydrogens is 306 g/mol. The maximum absolute atomic E-state index is 12.2. The summed E-state index contributed by atoms with van der Waals surface area (Å²) < 4.78 is 5.36. The predicted octanol–water partition coefficient (Wildman–Crippen LogP) is 3.65. The third-order valence-electron chi connectivity index (χ3n) is 3.20. The van der Waals surface area contributed by atoms with Crippen LogP contribution in [0.5, 0.6) is 11.5 Å².